The Hall–Kier alpha value is -3.85. The lowest BCUT2D eigenvalue weighted by atomic mass is 10.1. The van der Waals surface area contributed by atoms with Crippen LogP contribution in [-0.4, -0.2) is 25.5 Å². The van der Waals surface area contributed by atoms with Crippen LogP contribution in [0.25, 0.3) is 6.08 Å². The molecule has 0 saturated carbocycles. The topological polar surface area (TPSA) is 88.4 Å². The van der Waals surface area contributed by atoms with Crippen LogP contribution in [0.4, 0.5) is 0 Å². The quantitative estimate of drug-likeness (QED) is 0.256. The summed E-state index contributed by atoms with van der Waals surface area (Å²) < 4.78 is 10.8. The lowest BCUT2D eigenvalue weighted by molar-refractivity contribution is -0.116. The van der Waals surface area contributed by atoms with Crippen molar-refractivity contribution in [1.29, 1.82) is 5.26 Å². The predicted octanol–water partition coefficient (Wildman–Crippen LogP) is 3.74. The van der Waals surface area contributed by atoms with Crippen molar-refractivity contribution in [3.8, 4) is 17.6 Å². The third-order valence-electron chi connectivity index (χ3n) is 4.22. The van der Waals surface area contributed by atoms with Gasteiger partial charge in [-0.25, -0.2) is 4.79 Å². The number of methoxy groups -OCH3 is 1. The zero-order valence-electron chi connectivity index (χ0n) is 16.6. The van der Waals surface area contributed by atoms with Gasteiger partial charge in [0.25, 0.3) is 5.91 Å². The minimum Gasteiger partial charge on any atom is -0.493 e. The fourth-order valence-electron chi connectivity index (χ4n) is 2.46. The number of nitrogens with one attached hydrogen (secondary N) is 1. The van der Waals surface area contributed by atoms with Crippen molar-refractivity contribution in [1.82, 2.24) is 5.32 Å². The average molecular weight is 390 g/mol. The zero-order valence-corrected chi connectivity index (χ0v) is 16.6. The van der Waals surface area contributed by atoms with Crippen LogP contribution in [0.3, 0.4) is 0 Å². The highest BCUT2D eigenvalue weighted by molar-refractivity contribution is 6.01. The molecule has 0 aliphatic heterocycles. The van der Waals surface area contributed by atoms with E-state index in [1.807, 2.05) is 26.0 Å². The zero-order chi connectivity index (χ0) is 21.4. The number of ether oxygens (including phenoxy) is 2. The van der Waals surface area contributed by atoms with Crippen LogP contribution in [0, 0.1) is 25.2 Å². The Morgan fingerprint density at radius 3 is 2.52 bits per heavy atom. The third-order valence-corrected chi connectivity index (χ3v) is 4.22. The highest BCUT2D eigenvalue weighted by atomic mass is 16.6. The Labute approximate surface area is 170 Å². The number of carbonyl (C=O) groups is 2. The molecule has 1 N–H and O–H groups in total. The van der Waals surface area contributed by atoms with E-state index >= 15 is 0 Å². The summed E-state index contributed by atoms with van der Waals surface area (Å²) in [7, 11) is 1.44. The standard InChI is InChI=1S/C23H22N2O4/c1-5-10-25-22(26)19(14-24)12-17-7-9-20(21(13-17)28-4)29-23(27)18-8-6-15(2)16(3)11-18/h5-9,11-13H,1,10H2,2-4H3,(H,25,26). The summed E-state index contributed by atoms with van der Waals surface area (Å²) in [4.78, 5) is 24.4. The normalized spacial score (nSPS) is 10.6. The van der Waals surface area contributed by atoms with Gasteiger partial charge in [-0.3, -0.25) is 4.79 Å². The number of nitriles is 1. The number of benzene rings is 2. The van der Waals surface area contributed by atoms with Crippen LogP contribution in [0.1, 0.15) is 27.0 Å². The molecule has 2 aromatic carbocycles. The first-order chi connectivity index (χ1) is 13.9. The molecule has 0 unspecified atom stereocenters. The average Bonchev–Trinajstić information content (AvgIpc) is 2.72. The molecule has 1 amide bonds. The number of rotatable bonds is 7. The maximum absolute atomic E-state index is 12.5. The van der Waals surface area contributed by atoms with Crippen molar-refractivity contribution >= 4 is 18.0 Å². The second-order valence-corrected chi connectivity index (χ2v) is 6.27. The van der Waals surface area contributed by atoms with Crippen molar-refractivity contribution in [2.75, 3.05) is 13.7 Å². The maximum atomic E-state index is 12.5. The van der Waals surface area contributed by atoms with Crippen molar-refractivity contribution < 1.29 is 19.1 Å². The highest BCUT2D eigenvalue weighted by Crippen LogP contribution is 2.30. The monoisotopic (exact) mass is 390 g/mol. The molecule has 0 fully saturated rings. The van der Waals surface area contributed by atoms with Crippen LogP contribution >= 0.6 is 0 Å². The molecule has 6 heteroatoms. The third kappa shape index (κ3) is 5.56. The number of amides is 1. The van der Waals surface area contributed by atoms with E-state index in [1.165, 1.54) is 19.3 Å². The van der Waals surface area contributed by atoms with E-state index in [-0.39, 0.29) is 17.9 Å². The van der Waals surface area contributed by atoms with Gasteiger partial charge in [0.05, 0.1) is 12.7 Å². The summed E-state index contributed by atoms with van der Waals surface area (Å²) in [6, 6.07) is 12.0. The van der Waals surface area contributed by atoms with E-state index in [1.54, 1.807) is 30.3 Å². The molecule has 0 bridgehead atoms. The van der Waals surface area contributed by atoms with Crippen LogP contribution in [-0.2, 0) is 4.79 Å². The van der Waals surface area contributed by atoms with Crippen molar-refractivity contribution in [3.63, 3.8) is 0 Å². The molecule has 0 radical (unpaired) electrons. The van der Waals surface area contributed by atoms with E-state index in [0.29, 0.717) is 16.9 Å². The molecule has 0 aliphatic rings. The van der Waals surface area contributed by atoms with Crippen LogP contribution in [0.2, 0.25) is 0 Å². The van der Waals surface area contributed by atoms with E-state index in [0.717, 1.165) is 11.1 Å². The number of esters is 1. The van der Waals surface area contributed by atoms with E-state index in [9.17, 15) is 14.9 Å². The van der Waals surface area contributed by atoms with E-state index < -0.39 is 11.9 Å². The molecule has 0 aliphatic carbocycles. The lowest BCUT2D eigenvalue weighted by Gasteiger charge is -2.11. The molecule has 0 atom stereocenters. The molecule has 0 aromatic heterocycles. The molecule has 6 nitrogen and oxygen atoms in total. The van der Waals surface area contributed by atoms with E-state index in [4.69, 9.17) is 9.47 Å². The lowest BCUT2D eigenvalue weighted by Crippen LogP contribution is -2.24. The Morgan fingerprint density at radius 2 is 1.90 bits per heavy atom. The number of hydrogen-bond acceptors (Lipinski definition) is 5. The predicted molar refractivity (Wildman–Crippen MR) is 111 cm³/mol. The Bertz CT molecular complexity index is 1020. The molecule has 2 rings (SSSR count). The van der Waals surface area contributed by atoms with Crippen LogP contribution in [0.5, 0.6) is 11.5 Å². The molecule has 0 spiro atoms. The molecular formula is C23H22N2O4. The van der Waals surface area contributed by atoms with E-state index in [2.05, 4.69) is 11.9 Å². The van der Waals surface area contributed by atoms with Crippen molar-refractivity contribution in [2.45, 2.75) is 13.8 Å². The second-order valence-electron chi connectivity index (χ2n) is 6.27. The Kier molecular flexibility index (Phi) is 7.33. The first-order valence-corrected chi connectivity index (χ1v) is 8.88. The highest BCUT2D eigenvalue weighted by Gasteiger charge is 2.14. The number of hydrogen-bond donors (Lipinski definition) is 1. The summed E-state index contributed by atoms with van der Waals surface area (Å²) in [5, 5.41) is 11.8. The van der Waals surface area contributed by atoms with Crippen molar-refractivity contribution in [3.05, 3.63) is 76.9 Å². The van der Waals surface area contributed by atoms with Gasteiger partial charge in [-0.05, 0) is 60.9 Å². The molecule has 2 aromatic rings. The SMILES string of the molecule is C=CCNC(=O)C(C#N)=Cc1ccc(OC(=O)c2ccc(C)c(C)c2)c(OC)c1. The Balaban J connectivity index is 2.25. The number of carbonyl (C=O) groups excluding carboxylic acids is 2. The summed E-state index contributed by atoms with van der Waals surface area (Å²) in [5.74, 6) is -0.463. The largest absolute Gasteiger partial charge is 0.493 e. The van der Waals surface area contributed by atoms with Gasteiger partial charge in [0.2, 0.25) is 0 Å². The fourth-order valence-corrected chi connectivity index (χ4v) is 2.46. The van der Waals surface area contributed by atoms with Gasteiger partial charge in [-0.15, -0.1) is 6.58 Å². The van der Waals surface area contributed by atoms with Crippen LogP contribution < -0.4 is 14.8 Å². The maximum Gasteiger partial charge on any atom is 0.343 e. The van der Waals surface area contributed by atoms with Gasteiger partial charge in [0.1, 0.15) is 11.6 Å². The van der Waals surface area contributed by atoms with Gasteiger partial charge >= 0.3 is 5.97 Å². The minimum absolute atomic E-state index is 0.0613. The van der Waals surface area contributed by atoms with Gasteiger partial charge < -0.3 is 14.8 Å². The fraction of sp³-hybridized carbons (Fsp3) is 0.174. The summed E-state index contributed by atoms with van der Waals surface area (Å²) in [5.41, 5.74) is 3.00. The van der Waals surface area contributed by atoms with Crippen LogP contribution in [0.15, 0.2) is 54.6 Å². The van der Waals surface area contributed by atoms with Gasteiger partial charge in [-0.1, -0.05) is 18.2 Å². The number of nitrogens with zero attached hydrogens (tertiary/aromatic N) is 1. The molecule has 29 heavy (non-hydrogen) atoms. The minimum atomic E-state index is -0.504. The molecule has 0 saturated heterocycles. The summed E-state index contributed by atoms with van der Waals surface area (Å²) in [6.07, 6.45) is 2.95. The second kappa shape index (κ2) is 9.90. The summed E-state index contributed by atoms with van der Waals surface area (Å²) >= 11 is 0. The smallest absolute Gasteiger partial charge is 0.343 e. The first kappa shape index (κ1) is 21.5. The number of aryl methyl sites for hydroxylation is 2. The molecular weight excluding hydrogens is 368 g/mol. The molecule has 0 heterocycles. The molecule has 148 valence electrons. The Morgan fingerprint density at radius 1 is 1.14 bits per heavy atom. The van der Waals surface area contributed by atoms with Gasteiger partial charge in [0.15, 0.2) is 11.5 Å². The van der Waals surface area contributed by atoms with Gasteiger partial charge in [-0.2, -0.15) is 5.26 Å². The van der Waals surface area contributed by atoms with Gasteiger partial charge in [0, 0.05) is 6.54 Å². The summed E-state index contributed by atoms with van der Waals surface area (Å²) in [6.45, 7) is 7.66. The van der Waals surface area contributed by atoms with Crippen molar-refractivity contribution in [2.24, 2.45) is 0 Å². The first-order valence-electron chi connectivity index (χ1n) is 8.88.